The quantitative estimate of drug-likeness (QED) is 0.731. The molecule has 14 heavy (non-hydrogen) atoms. The molecule has 0 heterocycles. The molecule has 0 spiro atoms. The smallest absolute Gasteiger partial charge is 0.123 e. The van der Waals surface area contributed by atoms with Crippen LogP contribution in [0, 0.1) is 5.82 Å². The van der Waals surface area contributed by atoms with Gasteiger partial charge in [-0.25, -0.2) is 4.39 Å². The Morgan fingerprint density at radius 3 is 2.79 bits per heavy atom. The minimum Gasteiger partial charge on any atom is -0.330 e. The highest BCUT2D eigenvalue weighted by Crippen LogP contribution is 2.27. The summed E-state index contributed by atoms with van der Waals surface area (Å²) in [5, 5.41) is 0. The second-order valence-corrected chi connectivity index (χ2v) is 3.77. The maximum atomic E-state index is 13.0. The zero-order valence-corrected chi connectivity index (χ0v) is 8.46. The Hall–Kier alpha value is -1.15. The van der Waals surface area contributed by atoms with E-state index in [1.54, 1.807) is 6.07 Å². The van der Waals surface area contributed by atoms with E-state index in [4.69, 9.17) is 5.73 Å². The molecule has 1 aromatic rings. The number of benzene rings is 1. The number of hydrogen-bond acceptors (Lipinski definition) is 1. The Balaban J connectivity index is 3.05. The maximum Gasteiger partial charge on any atom is 0.123 e. The highest BCUT2D eigenvalue weighted by Gasteiger charge is 2.23. The molecule has 2 heteroatoms. The van der Waals surface area contributed by atoms with Crippen LogP contribution in [0.15, 0.2) is 36.9 Å². The summed E-state index contributed by atoms with van der Waals surface area (Å²) in [7, 11) is 0. The van der Waals surface area contributed by atoms with Gasteiger partial charge in [-0.1, -0.05) is 25.1 Å². The van der Waals surface area contributed by atoms with Gasteiger partial charge in [0, 0.05) is 12.0 Å². The van der Waals surface area contributed by atoms with Crippen molar-refractivity contribution in [3.63, 3.8) is 0 Å². The molecule has 1 atom stereocenters. The molecule has 1 aromatic carbocycles. The van der Waals surface area contributed by atoms with Gasteiger partial charge in [0.2, 0.25) is 0 Å². The molecule has 2 N–H and O–H groups in total. The van der Waals surface area contributed by atoms with E-state index in [2.05, 4.69) is 6.58 Å². The normalized spacial score (nSPS) is 14.8. The van der Waals surface area contributed by atoms with E-state index >= 15 is 0 Å². The first-order valence-electron chi connectivity index (χ1n) is 4.69. The van der Waals surface area contributed by atoms with Gasteiger partial charge in [-0.15, -0.1) is 6.58 Å². The minimum absolute atomic E-state index is 0.205. The van der Waals surface area contributed by atoms with Crippen molar-refractivity contribution in [2.24, 2.45) is 5.73 Å². The summed E-state index contributed by atoms with van der Waals surface area (Å²) in [6.45, 7) is 6.20. The fourth-order valence-electron chi connectivity index (χ4n) is 1.50. The number of rotatable bonds is 4. The summed E-state index contributed by atoms with van der Waals surface area (Å²) < 4.78 is 13.0. The van der Waals surface area contributed by atoms with Crippen LogP contribution in [-0.2, 0) is 5.41 Å². The molecule has 0 amide bonds. The van der Waals surface area contributed by atoms with Gasteiger partial charge in [-0.3, -0.25) is 0 Å². The van der Waals surface area contributed by atoms with Crippen LogP contribution in [0.3, 0.4) is 0 Å². The summed E-state index contributed by atoms with van der Waals surface area (Å²) in [6, 6.07) is 6.59. The van der Waals surface area contributed by atoms with Crippen LogP contribution in [0.5, 0.6) is 0 Å². The van der Waals surface area contributed by atoms with Gasteiger partial charge in [0.25, 0.3) is 0 Å². The lowest BCUT2D eigenvalue weighted by molar-refractivity contribution is 0.486. The summed E-state index contributed by atoms with van der Waals surface area (Å²) in [5.74, 6) is -0.216. The predicted octanol–water partition coefficient (Wildman–Crippen LogP) is 2.62. The molecule has 0 radical (unpaired) electrons. The fourth-order valence-corrected chi connectivity index (χ4v) is 1.50. The topological polar surface area (TPSA) is 26.0 Å². The lowest BCUT2D eigenvalue weighted by Gasteiger charge is -2.27. The lowest BCUT2D eigenvalue weighted by atomic mass is 9.79. The van der Waals surface area contributed by atoms with Gasteiger partial charge in [-0.05, 0) is 24.1 Å². The summed E-state index contributed by atoms with van der Waals surface area (Å²) >= 11 is 0. The first-order chi connectivity index (χ1) is 6.62. The van der Waals surface area contributed by atoms with Crippen LogP contribution in [-0.4, -0.2) is 6.54 Å². The van der Waals surface area contributed by atoms with Crippen LogP contribution >= 0.6 is 0 Å². The predicted molar refractivity (Wildman–Crippen MR) is 57.6 cm³/mol. The van der Waals surface area contributed by atoms with E-state index in [9.17, 15) is 4.39 Å². The van der Waals surface area contributed by atoms with Crippen LogP contribution < -0.4 is 5.73 Å². The molecular weight excluding hydrogens is 177 g/mol. The van der Waals surface area contributed by atoms with Crippen LogP contribution in [0.4, 0.5) is 4.39 Å². The van der Waals surface area contributed by atoms with Crippen LogP contribution in [0.1, 0.15) is 18.9 Å². The second kappa shape index (κ2) is 4.38. The largest absolute Gasteiger partial charge is 0.330 e. The SMILES string of the molecule is C=CCC(C)(CN)c1cccc(F)c1. The standard InChI is InChI=1S/C12H16FN/c1-3-7-12(2,9-14)10-5-4-6-11(13)8-10/h3-6,8H,1,7,9,14H2,2H3. The van der Waals surface area contributed by atoms with Gasteiger partial charge in [-0.2, -0.15) is 0 Å². The van der Waals surface area contributed by atoms with Gasteiger partial charge < -0.3 is 5.73 Å². The molecule has 0 bridgehead atoms. The molecule has 76 valence electrons. The second-order valence-electron chi connectivity index (χ2n) is 3.77. The van der Waals surface area contributed by atoms with E-state index < -0.39 is 0 Å². The Bertz CT molecular complexity index is 322. The Morgan fingerprint density at radius 2 is 2.29 bits per heavy atom. The summed E-state index contributed by atoms with van der Waals surface area (Å²) in [6.07, 6.45) is 2.57. The molecule has 1 unspecified atom stereocenters. The van der Waals surface area contributed by atoms with Crippen molar-refractivity contribution in [2.75, 3.05) is 6.54 Å². The molecule has 0 aromatic heterocycles. The van der Waals surface area contributed by atoms with Crippen molar-refractivity contribution in [3.8, 4) is 0 Å². The van der Waals surface area contributed by atoms with E-state index in [0.29, 0.717) is 6.54 Å². The Morgan fingerprint density at radius 1 is 1.57 bits per heavy atom. The number of hydrogen-bond donors (Lipinski definition) is 1. The van der Waals surface area contributed by atoms with Crippen molar-refractivity contribution in [1.82, 2.24) is 0 Å². The molecule has 0 aliphatic rings. The average Bonchev–Trinajstić information content (AvgIpc) is 2.18. The van der Waals surface area contributed by atoms with Crippen LogP contribution in [0.25, 0.3) is 0 Å². The molecule has 0 aliphatic carbocycles. The van der Waals surface area contributed by atoms with Gasteiger partial charge in [0.15, 0.2) is 0 Å². The van der Waals surface area contributed by atoms with E-state index in [1.807, 2.05) is 19.1 Å². The lowest BCUT2D eigenvalue weighted by Crippen LogP contribution is -2.31. The first-order valence-corrected chi connectivity index (χ1v) is 4.69. The number of allylic oxidation sites excluding steroid dienone is 1. The molecule has 0 fully saturated rings. The zero-order valence-electron chi connectivity index (χ0n) is 8.46. The molecule has 0 saturated carbocycles. The number of nitrogens with two attached hydrogens (primary N) is 1. The molecule has 1 nitrogen and oxygen atoms in total. The highest BCUT2D eigenvalue weighted by atomic mass is 19.1. The van der Waals surface area contributed by atoms with Crippen molar-refractivity contribution in [3.05, 3.63) is 48.3 Å². The van der Waals surface area contributed by atoms with E-state index in [-0.39, 0.29) is 11.2 Å². The first kappa shape index (κ1) is 10.9. The Kier molecular flexibility index (Phi) is 3.42. The van der Waals surface area contributed by atoms with Crippen molar-refractivity contribution < 1.29 is 4.39 Å². The summed E-state index contributed by atoms with van der Waals surface area (Å²) in [4.78, 5) is 0. The van der Waals surface area contributed by atoms with E-state index in [1.165, 1.54) is 12.1 Å². The highest BCUT2D eigenvalue weighted by molar-refractivity contribution is 5.26. The monoisotopic (exact) mass is 193 g/mol. The van der Waals surface area contributed by atoms with E-state index in [0.717, 1.165) is 12.0 Å². The zero-order chi connectivity index (χ0) is 10.6. The number of halogens is 1. The third kappa shape index (κ3) is 2.20. The van der Waals surface area contributed by atoms with Crippen LogP contribution in [0.2, 0.25) is 0 Å². The fraction of sp³-hybridized carbons (Fsp3) is 0.333. The van der Waals surface area contributed by atoms with Gasteiger partial charge in [0.1, 0.15) is 5.82 Å². The maximum absolute atomic E-state index is 13.0. The van der Waals surface area contributed by atoms with Gasteiger partial charge >= 0.3 is 0 Å². The summed E-state index contributed by atoms with van der Waals surface area (Å²) in [5.41, 5.74) is 6.43. The third-order valence-corrected chi connectivity index (χ3v) is 2.57. The average molecular weight is 193 g/mol. The molecule has 0 aliphatic heterocycles. The van der Waals surface area contributed by atoms with Gasteiger partial charge in [0.05, 0.1) is 0 Å². The molecule has 1 rings (SSSR count). The third-order valence-electron chi connectivity index (χ3n) is 2.57. The minimum atomic E-state index is -0.216. The van der Waals surface area contributed by atoms with Crippen molar-refractivity contribution >= 4 is 0 Å². The molecule has 0 saturated heterocycles. The van der Waals surface area contributed by atoms with Crippen molar-refractivity contribution in [2.45, 2.75) is 18.8 Å². The van der Waals surface area contributed by atoms with Crippen molar-refractivity contribution in [1.29, 1.82) is 0 Å². The molecular formula is C12H16FN. The Labute approximate surface area is 84.4 Å².